The molecule has 0 amide bonds. The summed E-state index contributed by atoms with van der Waals surface area (Å²) in [7, 11) is 0. The standard InChI is InChI=1S/C14H8BrFN4O/c1-6-10(15)3-2-7(12(6)16)11-8(4-17)13(19)20-14(21)9(11)5-18/h2-3H,1H3,(H3,19,20,21). The zero-order valence-corrected chi connectivity index (χ0v) is 12.4. The monoisotopic (exact) mass is 346 g/mol. The molecule has 0 aliphatic carbocycles. The summed E-state index contributed by atoms with van der Waals surface area (Å²) in [6.07, 6.45) is 0. The fourth-order valence-corrected chi connectivity index (χ4v) is 2.27. The minimum atomic E-state index is -0.760. The minimum Gasteiger partial charge on any atom is -0.384 e. The van der Waals surface area contributed by atoms with Crippen LogP contribution in [-0.4, -0.2) is 4.98 Å². The summed E-state index contributed by atoms with van der Waals surface area (Å²) in [6, 6.07) is 6.47. The third-order valence-corrected chi connectivity index (χ3v) is 3.92. The van der Waals surface area contributed by atoms with Gasteiger partial charge < -0.3 is 10.7 Å². The van der Waals surface area contributed by atoms with Crippen LogP contribution in [0.15, 0.2) is 21.4 Å². The summed E-state index contributed by atoms with van der Waals surface area (Å²) in [5.74, 6) is -0.821. The Morgan fingerprint density at radius 1 is 1.29 bits per heavy atom. The first-order valence-electron chi connectivity index (χ1n) is 5.73. The number of H-pyrrole nitrogens is 1. The van der Waals surface area contributed by atoms with Crippen LogP contribution in [0, 0.1) is 35.4 Å². The van der Waals surface area contributed by atoms with E-state index in [1.54, 1.807) is 18.2 Å². The lowest BCUT2D eigenvalue weighted by Gasteiger charge is -2.11. The lowest BCUT2D eigenvalue weighted by molar-refractivity contribution is 0.621. The van der Waals surface area contributed by atoms with Gasteiger partial charge in [0.1, 0.15) is 34.9 Å². The molecule has 3 N–H and O–H groups in total. The molecule has 5 nitrogen and oxygen atoms in total. The van der Waals surface area contributed by atoms with Crippen LogP contribution in [-0.2, 0) is 0 Å². The van der Waals surface area contributed by atoms with E-state index in [2.05, 4.69) is 20.9 Å². The van der Waals surface area contributed by atoms with E-state index in [4.69, 9.17) is 11.0 Å². The van der Waals surface area contributed by atoms with Crippen molar-refractivity contribution in [2.75, 3.05) is 5.73 Å². The molecule has 104 valence electrons. The minimum absolute atomic E-state index is 0.0124. The number of nitrogens with one attached hydrogen (secondary N) is 1. The van der Waals surface area contributed by atoms with Gasteiger partial charge in [0.05, 0.1) is 0 Å². The normalized spacial score (nSPS) is 9.95. The second kappa shape index (κ2) is 5.39. The Hall–Kier alpha value is -2.64. The van der Waals surface area contributed by atoms with E-state index in [-0.39, 0.29) is 28.1 Å². The van der Waals surface area contributed by atoms with Gasteiger partial charge in [0.15, 0.2) is 0 Å². The topological polar surface area (TPSA) is 106 Å². The average Bonchev–Trinajstić information content (AvgIpc) is 2.44. The summed E-state index contributed by atoms with van der Waals surface area (Å²) < 4.78 is 15.0. The second-order valence-corrected chi connectivity index (χ2v) is 5.10. The van der Waals surface area contributed by atoms with E-state index in [0.29, 0.717) is 10.0 Å². The van der Waals surface area contributed by atoms with Crippen molar-refractivity contribution in [2.24, 2.45) is 0 Å². The first-order valence-corrected chi connectivity index (χ1v) is 6.52. The molecular weight excluding hydrogens is 339 g/mol. The van der Waals surface area contributed by atoms with Crippen LogP contribution >= 0.6 is 15.9 Å². The second-order valence-electron chi connectivity index (χ2n) is 4.25. The van der Waals surface area contributed by atoms with Crippen molar-refractivity contribution in [2.45, 2.75) is 6.92 Å². The van der Waals surface area contributed by atoms with E-state index in [1.165, 1.54) is 13.0 Å². The number of aromatic amines is 1. The molecule has 0 bridgehead atoms. The van der Waals surface area contributed by atoms with E-state index in [1.807, 2.05) is 0 Å². The van der Waals surface area contributed by atoms with E-state index in [0.717, 1.165) is 0 Å². The maximum atomic E-state index is 14.4. The zero-order valence-electron chi connectivity index (χ0n) is 10.8. The van der Waals surface area contributed by atoms with E-state index < -0.39 is 11.4 Å². The van der Waals surface area contributed by atoms with Crippen LogP contribution < -0.4 is 11.3 Å². The quantitative estimate of drug-likeness (QED) is 0.827. The van der Waals surface area contributed by atoms with Gasteiger partial charge >= 0.3 is 0 Å². The number of benzene rings is 1. The average molecular weight is 347 g/mol. The van der Waals surface area contributed by atoms with Gasteiger partial charge in [0.25, 0.3) is 5.56 Å². The van der Waals surface area contributed by atoms with Gasteiger partial charge in [-0.25, -0.2) is 4.39 Å². The van der Waals surface area contributed by atoms with Crippen molar-refractivity contribution in [3.8, 4) is 23.3 Å². The Bertz CT molecular complexity index is 890. The number of hydrogen-bond acceptors (Lipinski definition) is 4. The van der Waals surface area contributed by atoms with Gasteiger partial charge in [-0.2, -0.15) is 10.5 Å². The molecule has 0 atom stereocenters. The highest BCUT2D eigenvalue weighted by atomic mass is 79.9. The number of aromatic nitrogens is 1. The fourth-order valence-electron chi connectivity index (χ4n) is 1.97. The number of anilines is 1. The molecule has 1 heterocycles. The van der Waals surface area contributed by atoms with E-state index in [9.17, 15) is 14.4 Å². The van der Waals surface area contributed by atoms with Crippen molar-refractivity contribution in [3.63, 3.8) is 0 Å². The van der Waals surface area contributed by atoms with Crippen molar-refractivity contribution >= 4 is 21.7 Å². The van der Waals surface area contributed by atoms with Gasteiger partial charge in [0.2, 0.25) is 0 Å². The molecule has 0 saturated carbocycles. The molecule has 21 heavy (non-hydrogen) atoms. The number of rotatable bonds is 1. The molecule has 0 unspecified atom stereocenters. The summed E-state index contributed by atoms with van der Waals surface area (Å²) in [5, 5.41) is 18.3. The first kappa shape index (κ1) is 14.8. The summed E-state index contributed by atoms with van der Waals surface area (Å²) in [5.41, 5.74) is 4.56. The molecule has 0 spiro atoms. The molecule has 1 aromatic carbocycles. The van der Waals surface area contributed by atoms with Crippen LogP contribution in [0.2, 0.25) is 0 Å². The molecule has 1 aromatic heterocycles. The van der Waals surface area contributed by atoms with Crippen LogP contribution in [0.3, 0.4) is 0 Å². The first-order chi connectivity index (χ1) is 9.92. The Balaban J connectivity index is 3.01. The predicted octanol–water partition coefficient (Wildman–Crippen LogP) is 2.58. The maximum Gasteiger partial charge on any atom is 0.268 e. The number of pyridine rings is 1. The van der Waals surface area contributed by atoms with Crippen molar-refractivity contribution in [1.82, 2.24) is 4.98 Å². The van der Waals surface area contributed by atoms with Crippen LogP contribution in [0.4, 0.5) is 10.2 Å². The number of nitriles is 2. The van der Waals surface area contributed by atoms with Gasteiger partial charge in [-0.05, 0) is 18.6 Å². The maximum absolute atomic E-state index is 14.4. The number of nitrogens with two attached hydrogens (primary N) is 1. The highest BCUT2D eigenvalue weighted by Gasteiger charge is 2.21. The molecule has 2 rings (SSSR count). The van der Waals surface area contributed by atoms with Crippen LogP contribution in [0.25, 0.3) is 11.1 Å². The molecule has 0 saturated heterocycles. The van der Waals surface area contributed by atoms with Crippen LogP contribution in [0.1, 0.15) is 16.7 Å². The highest BCUT2D eigenvalue weighted by molar-refractivity contribution is 9.10. The van der Waals surface area contributed by atoms with Crippen molar-refractivity contribution in [3.05, 3.63) is 49.5 Å². The highest BCUT2D eigenvalue weighted by Crippen LogP contribution is 2.33. The molecule has 2 aromatic rings. The Labute approximate surface area is 127 Å². The molecule has 0 fully saturated rings. The van der Waals surface area contributed by atoms with Crippen molar-refractivity contribution < 1.29 is 4.39 Å². The van der Waals surface area contributed by atoms with Crippen LogP contribution in [0.5, 0.6) is 0 Å². The molecule has 0 radical (unpaired) electrons. The summed E-state index contributed by atoms with van der Waals surface area (Å²) >= 11 is 3.19. The molecular formula is C14H8BrFN4O. The number of nitrogen functional groups attached to an aromatic ring is 1. The molecule has 0 aliphatic rings. The summed E-state index contributed by atoms with van der Waals surface area (Å²) in [4.78, 5) is 14.0. The third kappa shape index (κ3) is 2.28. The number of halogens is 2. The largest absolute Gasteiger partial charge is 0.384 e. The fraction of sp³-hybridized carbons (Fsp3) is 0.0714. The smallest absolute Gasteiger partial charge is 0.268 e. The summed E-state index contributed by atoms with van der Waals surface area (Å²) in [6.45, 7) is 1.54. The Kier molecular flexibility index (Phi) is 3.79. The zero-order chi connectivity index (χ0) is 15.7. The molecule has 0 aliphatic heterocycles. The van der Waals surface area contributed by atoms with Gasteiger partial charge in [-0.15, -0.1) is 0 Å². The Morgan fingerprint density at radius 2 is 1.90 bits per heavy atom. The number of nitrogens with zero attached hydrogens (tertiary/aromatic N) is 2. The van der Waals surface area contributed by atoms with E-state index >= 15 is 0 Å². The lowest BCUT2D eigenvalue weighted by Crippen LogP contribution is -2.16. The predicted molar refractivity (Wildman–Crippen MR) is 78.7 cm³/mol. The SMILES string of the molecule is Cc1c(Br)ccc(-c2c(C#N)c(N)[nH]c(=O)c2C#N)c1F. The number of hydrogen-bond donors (Lipinski definition) is 2. The van der Waals surface area contributed by atoms with Gasteiger partial charge in [-0.1, -0.05) is 22.0 Å². The van der Waals surface area contributed by atoms with Gasteiger partial charge in [0, 0.05) is 15.6 Å². The van der Waals surface area contributed by atoms with Gasteiger partial charge in [-0.3, -0.25) is 4.79 Å². The third-order valence-electron chi connectivity index (χ3n) is 3.06. The Morgan fingerprint density at radius 3 is 2.48 bits per heavy atom. The lowest BCUT2D eigenvalue weighted by atomic mass is 9.95. The van der Waals surface area contributed by atoms with Crippen molar-refractivity contribution in [1.29, 1.82) is 10.5 Å². The molecule has 7 heteroatoms.